The van der Waals surface area contributed by atoms with E-state index < -0.39 is 0 Å². The summed E-state index contributed by atoms with van der Waals surface area (Å²) < 4.78 is 19.5. The molecule has 2 saturated heterocycles. The third kappa shape index (κ3) is 4.30. The first-order valence-corrected chi connectivity index (χ1v) is 9.82. The van der Waals surface area contributed by atoms with Gasteiger partial charge in [0.25, 0.3) is 0 Å². The minimum absolute atomic E-state index is 0.139. The number of aromatic nitrogens is 1. The minimum Gasteiger partial charge on any atom is -0.497 e. The molecule has 1 spiro atoms. The largest absolute Gasteiger partial charge is 0.497 e. The zero-order chi connectivity index (χ0) is 18.7. The van der Waals surface area contributed by atoms with Gasteiger partial charge in [0.2, 0.25) is 0 Å². The van der Waals surface area contributed by atoms with Crippen LogP contribution in [0.5, 0.6) is 5.75 Å². The van der Waals surface area contributed by atoms with Crippen LogP contribution in [0.15, 0.2) is 42.7 Å². The highest BCUT2D eigenvalue weighted by Crippen LogP contribution is 2.40. The molecule has 2 aliphatic rings. The highest BCUT2D eigenvalue weighted by atomic mass is 19.1. The second-order valence-electron chi connectivity index (χ2n) is 8.09. The highest BCUT2D eigenvalue weighted by molar-refractivity contribution is 5.29. The van der Waals surface area contributed by atoms with Crippen molar-refractivity contribution in [1.82, 2.24) is 14.8 Å². The number of ether oxygens (including phenoxy) is 1. The normalized spacial score (nSPS) is 23.8. The molecule has 0 aliphatic carbocycles. The maximum Gasteiger partial charge on any atom is 0.127 e. The Morgan fingerprint density at radius 1 is 1.11 bits per heavy atom. The Kier molecular flexibility index (Phi) is 5.41. The van der Waals surface area contributed by atoms with Gasteiger partial charge in [0.1, 0.15) is 11.6 Å². The van der Waals surface area contributed by atoms with Crippen LogP contribution in [0.3, 0.4) is 0 Å². The zero-order valence-electron chi connectivity index (χ0n) is 16.0. The van der Waals surface area contributed by atoms with Gasteiger partial charge < -0.3 is 4.74 Å². The molecule has 2 aliphatic heterocycles. The topological polar surface area (TPSA) is 28.6 Å². The van der Waals surface area contributed by atoms with Gasteiger partial charge in [0.15, 0.2) is 0 Å². The molecule has 0 saturated carbocycles. The van der Waals surface area contributed by atoms with E-state index in [0.717, 1.165) is 44.0 Å². The molecule has 0 bridgehead atoms. The zero-order valence-corrected chi connectivity index (χ0v) is 16.0. The number of likely N-dealkylation sites (tertiary alicyclic amines) is 2. The smallest absolute Gasteiger partial charge is 0.127 e. The van der Waals surface area contributed by atoms with Crippen molar-refractivity contribution in [3.63, 3.8) is 0 Å². The maximum atomic E-state index is 14.2. The molecule has 5 heteroatoms. The summed E-state index contributed by atoms with van der Waals surface area (Å²) in [6.07, 6.45) is 7.47. The first-order chi connectivity index (χ1) is 13.2. The molecule has 144 valence electrons. The predicted octanol–water partition coefficient (Wildman–Crippen LogP) is 3.72. The second kappa shape index (κ2) is 7.95. The molecule has 4 nitrogen and oxygen atoms in total. The van der Waals surface area contributed by atoms with Gasteiger partial charge in [-0.05, 0) is 67.6 Å². The van der Waals surface area contributed by atoms with Crippen molar-refractivity contribution in [3.8, 4) is 5.75 Å². The Morgan fingerprint density at radius 2 is 1.96 bits per heavy atom. The molecule has 27 heavy (non-hydrogen) atoms. The average Bonchev–Trinajstić information content (AvgIpc) is 3.06. The Bertz CT molecular complexity index is 769. The van der Waals surface area contributed by atoms with Crippen LogP contribution in [-0.2, 0) is 13.1 Å². The molecule has 1 aromatic carbocycles. The Balaban J connectivity index is 1.39. The fourth-order valence-corrected chi connectivity index (χ4v) is 4.73. The van der Waals surface area contributed by atoms with Crippen LogP contribution in [0.4, 0.5) is 4.39 Å². The average molecular weight is 369 g/mol. The van der Waals surface area contributed by atoms with Crippen molar-refractivity contribution in [2.45, 2.75) is 32.4 Å². The van der Waals surface area contributed by atoms with Gasteiger partial charge in [0, 0.05) is 44.1 Å². The van der Waals surface area contributed by atoms with Crippen molar-refractivity contribution in [2.24, 2.45) is 5.41 Å². The van der Waals surface area contributed by atoms with Crippen molar-refractivity contribution in [1.29, 1.82) is 0 Å². The number of piperidine rings is 1. The number of halogens is 1. The molecule has 3 heterocycles. The lowest BCUT2D eigenvalue weighted by Crippen LogP contribution is -2.44. The predicted molar refractivity (Wildman–Crippen MR) is 104 cm³/mol. The van der Waals surface area contributed by atoms with Crippen LogP contribution in [0.25, 0.3) is 0 Å². The molecule has 0 N–H and O–H groups in total. The number of hydrogen-bond acceptors (Lipinski definition) is 4. The summed E-state index contributed by atoms with van der Waals surface area (Å²) in [5.41, 5.74) is 2.35. The third-order valence-electron chi connectivity index (χ3n) is 6.03. The van der Waals surface area contributed by atoms with E-state index in [0.29, 0.717) is 12.0 Å². The van der Waals surface area contributed by atoms with E-state index in [9.17, 15) is 4.39 Å². The number of rotatable bonds is 5. The van der Waals surface area contributed by atoms with Crippen molar-refractivity contribution in [3.05, 3.63) is 59.7 Å². The van der Waals surface area contributed by atoms with E-state index in [-0.39, 0.29) is 5.82 Å². The lowest BCUT2D eigenvalue weighted by atomic mass is 9.79. The molecule has 1 unspecified atom stereocenters. The van der Waals surface area contributed by atoms with Crippen LogP contribution < -0.4 is 4.74 Å². The molecule has 2 fully saturated rings. The van der Waals surface area contributed by atoms with Gasteiger partial charge in [0.05, 0.1) is 7.11 Å². The van der Waals surface area contributed by atoms with E-state index in [1.54, 1.807) is 13.2 Å². The van der Waals surface area contributed by atoms with Crippen LogP contribution in [0.2, 0.25) is 0 Å². The Labute approximate surface area is 161 Å². The molecule has 1 aromatic heterocycles. The quantitative estimate of drug-likeness (QED) is 0.803. The summed E-state index contributed by atoms with van der Waals surface area (Å²) in [7, 11) is 1.63. The van der Waals surface area contributed by atoms with E-state index in [1.807, 2.05) is 24.5 Å². The van der Waals surface area contributed by atoms with E-state index >= 15 is 0 Å². The van der Waals surface area contributed by atoms with Gasteiger partial charge in [-0.25, -0.2) is 4.39 Å². The number of benzene rings is 1. The van der Waals surface area contributed by atoms with Crippen molar-refractivity contribution < 1.29 is 9.13 Å². The van der Waals surface area contributed by atoms with Gasteiger partial charge in [-0.1, -0.05) is 6.07 Å². The summed E-state index contributed by atoms with van der Waals surface area (Å²) in [4.78, 5) is 9.21. The standard InChI is InChI=1S/C22H28FN3O/c1-27-20-5-6-21(23)19(12-20)15-25-10-3-7-22(16-25)8-11-26(17-22)14-18-4-2-9-24-13-18/h2,4-6,9,12-13H,3,7-8,10-11,14-17H2,1H3. The Morgan fingerprint density at radius 3 is 2.74 bits per heavy atom. The summed E-state index contributed by atoms with van der Waals surface area (Å²) in [5, 5.41) is 0. The van der Waals surface area contributed by atoms with Crippen molar-refractivity contribution >= 4 is 0 Å². The summed E-state index contributed by atoms with van der Waals surface area (Å²) in [6.45, 7) is 5.98. The molecule has 0 amide bonds. The minimum atomic E-state index is -0.139. The highest BCUT2D eigenvalue weighted by Gasteiger charge is 2.41. The van der Waals surface area contributed by atoms with Gasteiger partial charge in [-0.3, -0.25) is 14.8 Å². The first kappa shape index (κ1) is 18.4. The number of methoxy groups -OCH3 is 1. The first-order valence-electron chi connectivity index (χ1n) is 9.82. The van der Waals surface area contributed by atoms with Gasteiger partial charge >= 0.3 is 0 Å². The lowest BCUT2D eigenvalue weighted by molar-refractivity contribution is 0.0857. The van der Waals surface area contributed by atoms with Crippen LogP contribution in [0, 0.1) is 11.2 Å². The SMILES string of the molecule is COc1ccc(F)c(CN2CCCC3(CCN(Cc4cccnc4)C3)C2)c1. The summed E-state index contributed by atoms with van der Waals surface area (Å²) in [5.74, 6) is 0.585. The van der Waals surface area contributed by atoms with Crippen LogP contribution in [-0.4, -0.2) is 48.1 Å². The van der Waals surface area contributed by atoms with Crippen molar-refractivity contribution in [2.75, 3.05) is 33.3 Å². The molecule has 0 radical (unpaired) electrons. The van der Waals surface area contributed by atoms with Crippen LogP contribution >= 0.6 is 0 Å². The van der Waals surface area contributed by atoms with Gasteiger partial charge in [-0.15, -0.1) is 0 Å². The van der Waals surface area contributed by atoms with Crippen LogP contribution in [0.1, 0.15) is 30.4 Å². The summed E-state index contributed by atoms with van der Waals surface area (Å²) >= 11 is 0. The molecule has 4 rings (SSSR count). The summed E-state index contributed by atoms with van der Waals surface area (Å²) in [6, 6.07) is 9.19. The number of hydrogen-bond donors (Lipinski definition) is 0. The lowest BCUT2D eigenvalue weighted by Gasteiger charge is -2.40. The van der Waals surface area contributed by atoms with E-state index in [2.05, 4.69) is 20.9 Å². The second-order valence-corrected chi connectivity index (χ2v) is 8.09. The molecule has 2 aromatic rings. The fraction of sp³-hybridized carbons (Fsp3) is 0.500. The molecular weight excluding hydrogens is 341 g/mol. The molecular formula is C22H28FN3O. The maximum absolute atomic E-state index is 14.2. The number of pyridine rings is 1. The fourth-order valence-electron chi connectivity index (χ4n) is 4.73. The van der Waals surface area contributed by atoms with Gasteiger partial charge in [-0.2, -0.15) is 0 Å². The third-order valence-corrected chi connectivity index (χ3v) is 6.03. The number of nitrogens with zero attached hydrogens (tertiary/aromatic N) is 3. The monoisotopic (exact) mass is 369 g/mol. The molecule has 1 atom stereocenters. The van der Waals surface area contributed by atoms with E-state index in [4.69, 9.17) is 4.74 Å². The van der Waals surface area contributed by atoms with E-state index in [1.165, 1.54) is 30.9 Å². The Hall–Kier alpha value is -1.98.